The van der Waals surface area contributed by atoms with Crippen molar-refractivity contribution in [1.82, 2.24) is 20.3 Å². The van der Waals surface area contributed by atoms with Gasteiger partial charge in [-0.25, -0.2) is 0 Å². The molecule has 0 atom stereocenters. The number of nitrogens with one attached hydrogen (secondary N) is 2. The summed E-state index contributed by atoms with van der Waals surface area (Å²) in [5.74, 6) is 0.622. The van der Waals surface area contributed by atoms with E-state index in [2.05, 4.69) is 25.7 Å². The van der Waals surface area contributed by atoms with E-state index in [0.717, 1.165) is 11.3 Å². The molecular weight excluding hydrogens is 182 g/mol. The van der Waals surface area contributed by atoms with Gasteiger partial charge in [-0.1, -0.05) is 5.16 Å². The summed E-state index contributed by atoms with van der Waals surface area (Å²) in [7, 11) is 0. The van der Waals surface area contributed by atoms with Gasteiger partial charge in [-0.15, -0.1) is 0 Å². The predicted octanol–water partition coefficient (Wildman–Crippen LogP) is 1.02. The van der Waals surface area contributed by atoms with Gasteiger partial charge in [0.2, 0.25) is 0 Å². The van der Waals surface area contributed by atoms with Gasteiger partial charge >= 0.3 is 6.01 Å². The standard InChI is InChI=1S/C8H11N5O/c1-5-7(4-10-12-5)3-9-8-11-6(2)13-14-8/h4H,3H2,1-2H3,(H,10,12)(H,9,11,13). The van der Waals surface area contributed by atoms with Gasteiger partial charge in [-0.3, -0.25) is 5.10 Å². The Kier molecular flexibility index (Phi) is 2.18. The molecule has 14 heavy (non-hydrogen) atoms. The minimum atomic E-state index is 0.433. The molecule has 2 N–H and O–H groups in total. The molecule has 0 aliphatic carbocycles. The normalized spacial score (nSPS) is 10.4. The van der Waals surface area contributed by atoms with Gasteiger partial charge in [-0.2, -0.15) is 10.1 Å². The molecule has 0 aliphatic rings. The Balaban J connectivity index is 1.98. The van der Waals surface area contributed by atoms with Crippen molar-refractivity contribution < 1.29 is 4.52 Å². The number of aryl methyl sites for hydroxylation is 2. The van der Waals surface area contributed by atoms with E-state index in [1.54, 1.807) is 13.1 Å². The number of aromatic nitrogens is 4. The van der Waals surface area contributed by atoms with E-state index >= 15 is 0 Å². The van der Waals surface area contributed by atoms with Gasteiger partial charge in [0, 0.05) is 17.8 Å². The summed E-state index contributed by atoms with van der Waals surface area (Å²) < 4.78 is 4.90. The predicted molar refractivity (Wildman–Crippen MR) is 49.7 cm³/mol. The first-order valence-corrected chi connectivity index (χ1v) is 4.29. The molecule has 0 aliphatic heterocycles. The van der Waals surface area contributed by atoms with Gasteiger partial charge in [-0.05, 0) is 13.8 Å². The molecule has 2 aromatic rings. The molecule has 0 aromatic carbocycles. The number of hydrogen-bond donors (Lipinski definition) is 2. The molecular formula is C8H11N5O. The zero-order valence-electron chi connectivity index (χ0n) is 8.03. The summed E-state index contributed by atoms with van der Waals surface area (Å²) in [6.45, 7) is 4.37. The molecule has 2 heterocycles. The van der Waals surface area contributed by atoms with E-state index < -0.39 is 0 Å². The van der Waals surface area contributed by atoms with Crippen LogP contribution in [0.1, 0.15) is 17.1 Å². The first-order chi connectivity index (χ1) is 6.75. The van der Waals surface area contributed by atoms with Gasteiger partial charge in [0.15, 0.2) is 5.82 Å². The summed E-state index contributed by atoms with van der Waals surface area (Å²) in [6.07, 6.45) is 1.77. The van der Waals surface area contributed by atoms with Crippen molar-refractivity contribution in [2.75, 3.05) is 5.32 Å². The van der Waals surface area contributed by atoms with Crippen LogP contribution in [0.3, 0.4) is 0 Å². The lowest BCUT2D eigenvalue weighted by Gasteiger charge is -1.98. The van der Waals surface area contributed by atoms with E-state index in [9.17, 15) is 0 Å². The number of rotatable bonds is 3. The minimum absolute atomic E-state index is 0.433. The Labute approximate surface area is 80.7 Å². The molecule has 6 heteroatoms. The van der Waals surface area contributed by atoms with E-state index in [0.29, 0.717) is 18.4 Å². The van der Waals surface area contributed by atoms with Gasteiger partial charge < -0.3 is 9.84 Å². The van der Waals surface area contributed by atoms with E-state index in [1.165, 1.54) is 0 Å². The first-order valence-electron chi connectivity index (χ1n) is 4.29. The minimum Gasteiger partial charge on any atom is -0.334 e. The second-order valence-electron chi connectivity index (χ2n) is 3.02. The average molecular weight is 193 g/mol. The van der Waals surface area contributed by atoms with Crippen molar-refractivity contribution in [3.05, 3.63) is 23.3 Å². The van der Waals surface area contributed by atoms with Gasteiger partial charge in [0.1, 0.15) is 0 Å². The Morgan fingerprint density at radius 2 is 2.36 bits per heavy atom. The Bertz CT molecular complexity index is 419. The summed E-state index contributed by atoms with van der Waals surface area (Å²) in [5.41, 5.74) is 2.12. The number of hydrogen-bond acceptors (Lipinski definition) is 5. The van der Waals surface area contributed by atoms with Crippen LogP contribution >= 0.6 is 0 Å². The lowest BCUT2D eigenvalue weighted by Crippen LogP contribution is -1.99. The molecule has 0 saturated heterocycles. The van der Waals surface area contributed by atoms with Crippen LogP contribution in [0.15, 0.2) is 10.7 Å². The van der Waals surface area contributed by atoms with E-state index in [1.807, 2.05) is 6.92 Å². The molecule has 0 bridgehead atoms. The fraction of sp³-hybridized carbons (Fsp3) is 0.375. The maximum atomic E-state index is 4.90. The van der Waals surface area contributed by atoms with E-state index in [4.69, 9.17) is 4.52 Å². The largest absolute Gasteiger partial charge is 0.334 e. The number of nitrogens with zero attached hydrogens (tertiary/aromatic N) is 3. The second-order valence-corrected chi connectivity index (χ2v) is 3.02. The van der Waals surface area contributed by atoms with Crippen molar-refractivity contribution in [3.63, 3.8) is 0 Å². The van der Waals surface area contributed by atoms with Gasteiger partial charge in [0.25, 0.3) is 0 Å². The molecule has 2 rings (SSSR count). The first kappa shape index (κ1) is 8.74. The molecule has 74 valence electrons. The van der Waals surface area contributed by atoms with Crippen molar-refractivity contribution in [1.29, 1.82) is 0 Å². The molecule has 6 nitrogen and oxygen atoms in total. The highest BCUT2D eigenvalue weighted by Crippen LogP contribution is 2.07. The second kappa shape index (κ2) is 3.49. The zero-order valence-corrected chi connectivity index (χ0v) is 8.03. The van der Waals surface area contributed by atoms with Crippen molar-refractivity contribution in [2.45, 2.75) is 20.4 Å². The Morgan fingerprint density at radius 1 is 1.50 bits per heavy atom. The summed E-state index contributed by atoms with van der Waals surface area (Å²) in [6, 6.07) is 0.433. The molecule has 2 aromatic heterocycles. The van der Waals surface area contributed by atoms with Crippen LogP contribution in [-0.2, 0) is 6.54 Å². The zero-order chi connectivity index (χ0) is 9.97. The summed E-state index contributed by atoms with van der Waals surface area (Å²) in [5, 5.41) is 13.4. The van der Waals surface area contributed by atoms with Gasteiger partial charge in [0.05, 0.1) is 6.20 Å². The lowest BCUT2D eigenvalue weighted by atomic mass is 10.3. The fourth-order valence-corrected chi connectivity index (χ4v) is 1.09. The molecule has 0 amide bonds. The van der Waals surface area contributed by atoms with Crippen LogP contribution in [0.2, 0.25) is 0 Å². The number of aromatic amines is 1. The van der Waals surface area contributed by atoms with Crippen molar-refractivity contribution >= 4 is 6.01 Å². The third-order valence-electron chi connectivity index (χ3n) is 1.89. The highest BCUT2D eigenvalue weighted by atomic mass is 16.5. The quantitative estimate of drug-likeness (QED) is 0.760. The summed E-state index contributed by atoms with van der Waals surface area (Å²) >= 11 is 0. The molecule has 0 spiro atoms. The number of H-pyrrole nitrogens is 1. The maximum absolute atomic E-state index is 4.90. The van der Waals surface area contributed by atoms with Crippen molar-refractivity contribution in [3.8, 4) is 0 Å². The molecule has 0 unspecified atom stereocenters. The molecule has 0 fully saturated rings. The third-order valence-corrected chi connectivity index (χ3v) is 1.89. The van der Waals surface area contributed by atoms with E-state index in [-0.39, 0.29) is 0 Å². The molecule has 0 radical (unpaired) electrons. The van der Waals surface area contributed by atoms with Crippen LogP contribution in [0, 0.1) is 13.8 Å². The number of anilines is 1. The van der Waals surface area contributed by atoms with Crippen LogP contribution in [0.5, 0.6) is 0 Å². The summed E-state index contributed by atoms with van der Waals surface area (Å²) in [4.78, 5) is 4.02. The topological polar surface area (TPSA) is 79.6 Å². The third kappa shape index (κ3) is 1.73. The smallest absolute Gasteiger partial charge is 0.321 e. The average Bonchev–Trinajstić information content (AvgIpc) is 2.72. The highest BCUT2D eigenvalue weighted by Gasteiger charge is 2.03. The SMILES string of the molecule is Cc1noc(NCc2cn[nH]c2C)n1. The lowest BCUT2D eigenvalue weighted by molar-refractivity contribution is 0.425. The Hall–Kier alpha value is -1.85. The Morgan fingerprint density at radius 3 is 2.93 bits per heavy atom. The van der Waals surface area contributed by atoms with Crippen LogP contribution in [0.4, 0.5) is 6.01 Å². The molecule has 0 saturated carbocycles. The monoisotopic (exact) mass is 193 g/mol. The van der Waals surface area contributed by atoms with Crippen LogP contribution in [-0.4, -0.2) is 20.3 Å². The van der Waals surface area contributed by atoms with Crippen molar-refractivity contribution in [2.24, 2.45) is 0 Å². The van der Waals surface area contributed by atoms with Crippen LogP contribution in [0.25, 0.3) is 0 Å². The fourth-order valence-electron chi connectivity index (χ4n) is 1.09. The highest BCUT2D eigenvalue weighted by molar-refractivity contribution is 5.24. The maximum Gasteiger partial charge on any atom is 0.321 e. The van der Waals surface area contributed by atoms with Crippen LogP contribution < -0.4 is 5.32 Å².